The topological polar surface area (TPSA) is 20.2 Å². The van der Waals surface area contributed by atoms with Crippen LogP contribution in [0.15, 0.2) is 23.9 Å². The predicted molar refractivity (Wildman–Crippen MR) is 60.4 cm³/mol. The molecule has 1 atom stereocenters. The van der Waals surface area contributed by atoms with Crippen molar-refractivity contribution in [1.82, 2.24) is 0 Å². The molecule has 2 heteroatoms. The van der Waals surface area contributed by atoms with Crippen LogP contribution < -0.4 is 0 Å². The van der Waals surface area contributed by atoms with E-state index in [4.69, 9.17) is 0 Å². The van der Waals surface area contributed by atoms with Crippen LogP contribution in [0.25, 0.3) is 0 Å². The maximum atomic E-state index is 10.1. The van der Waals surface area contributed by atoms with Crippen molar-refractivity contribution < 1.29 is 5.11 Å². The maximum Gasteiger partial charge on any atom is 0.100 e. The Bertz CT molecular complexity index is 225. The molecule has 1 rings (SSSR count). The van der Waals surface area contributed by atoms with Crippen LogP contribution in [0.2, 0.25) is 19.6 Å². The average molecular weight is 196 g/mol. The minimum absolute atomic E-state index is 0.640. The molecule has 0 radical (unpaired) electrons. The minimum Gasteiger partial charge on any atom is -0.382 e. The van der Waals surface area contributed by atoms with E-state index in [-0.39, 0.29) is 0 Å². The van der Waals surface area contributed by atoms with E-state index in [1.165, 1.54) is 0 Å². The van der Waals surface area contributed by atoms with Gasteiger partial charge in [-0.3, -0.25) is 0 Å². The van der Waals surface area contributed by atoms with Crippen LogP contribution in [0.4, 0.5) is 0 Å². The summed E-state index contributed by atoms with van der Waals surface area (Å²) in [5.41, 5.74) is 1.58. The van der Waals surface area contributed by atoms with Gasteiger partial charge in [0, 0.05) is 0 Å². The number of hydrogen-bond donors (Lipinski definition) is 1. The molecule has 1 nitrogen and oxygen atoms in total. The molecule has 0 amide bonds. The summed E-state index contributed by atoms with van der Waals surface area (Å²) >= 11 is 0. The van der Waals surface area contributed by atoms with E-state index >= 15 is 0 Å². The van der Waals surface area contributed by atoms with Crippen LogP contribution in [0.1, 0.15) is 19.3 Å². The van der Waals surface area contributed by atoms with Crippen molar-refractivity contribution in [3.05, 3.63) is 23.9 Å². The Balaban J connectivity index is 2.66. The van der Waals surface area contributed by atoms with Gasteiger partial charge in [-0.05, 0) is 19.3 Å². The van der Waals surface area contributed by atoms with Crippen LogP contribution in [0, 0.1) is 0 Å². The number of aliphatic hydroxyl groups is 1. The zero-order valence-electron chi connectivity index (χ0n) is 8.88. The summed E-state index contributed by atoms with van der Waals surface area (Å²) in [6.45, 7) is 6.83. The highest BCUT2D eigenvalue weighted by Crippen LogP contribution is 2.23. The fourth-order valence-corrected chi connectivity index (χ4v) is 2.20. The molecular weight excluding hydrogens is 176 g/mol. The third-order valence-corrected chi connectivity index (χ3v) is 3.39. The van der Waals surface area contributed by atoms with Crippen LogP contribution in [0.5, 0.6) is 0 Å². The first-order valence-electron chi connectivity index (χ1n) is 5.02. The van der Waals surface area contributed by atoms with Crippen molar-refractivity contribution in [3.8, 4) is 0 Å². The molecule has 0 bridgehead atoms. The molecule has 0 spiro atoms. The summed E-state index contributed by atoms with van der Waals surface area (Å²) in [5.74, 6) is 0. The lowest BCUT2D eigenvalue weighted by molar-refractivity contribution is 0.125. The van der Waals surface area contributed by atoms with Crippen LogP contribution in [0.3, 0.4) is 0 Å². The Hall–Kier alpha value is -0.343. The van der Waals surface area contributed by atoms with E-state index in [0.717, 1.165) is 19.3 Å². The lowest BCUT2D eigenvalue weighted by atomic mass is 9.91. The summed E-state index contributed by atoms with van der Waals surface area (Å²) in [7, 11) is -1.16. The zero-order chi connectivity index (χ0) is 9.95. The normalized spacial score (nSPS) is 29.8. The molecule has 0 fully saturated rings. The van der Waals surface area contributed by atoms with Gasteiger partial charge in [-0.1, -0.05) is 43.6 Å². The van der Waals surface area contributed by atoms with Crippen molar-refractivity contribution in [3.63, 3.8) is 0 Å². The first-order valence-corrected chi connectivity index (χ1v) is 8.60. The molecule has 0 aliphatic heterocycles. The van der Waals surface area contributed by atoms with Crippen molar-refractivity contribution in [2.75, 3.05) is 0 Å². The monoisotopic (exact) mass is 196 g/mol. The Kier molecular flexibility index (Phi) is 3.14. The summed E-state index contributed by atoms with van der Waals surface area (Å²) in [5, 5.41) is 10.1. The molecule has 1 N–H and O–H groups in total. The smallest absolute Gasteiger partial charge is 0.100 e. The fourth-order valence-electron chi connectivity index (χ4n) is 1.41. The molecule has 0 saturated carbocycles. The molecule has 0 heterocycles. The summed E-state index contributed by atoms with van der Waals surface area (Å²) in [6.07, 6.45) is 9.11. The summed E-state index contributed by atoms with van der Waals surface area (Å²) in [6, 6.07) is 0. The molecule has 1 aliphatic rings. The van der Waals surface area contributed by atoms with Gasteiger partial charge in [0.1, 0.15) is 5.60 Å². The second-order valence-electron chi connectivity index (χ2n) is 4.99. The van der Waals surface area contributed by atoms with E-state index in [9.17, 15) is 5.11 Å². The van der Waals surface area contributed by atoms with E-state index in [0.29, 0.717) is 0 Å². The number of allylic oxidation sites excluding steroid dienone is 1. The summed E-state index contributed by atoms with van der Waals surface area (Å²) in [4.78, 5) is 0. The molecule has 74 valence electrons. The van der Waals surface area contributed by atoms with E-state index < -0.39 is 13.7 Å². The van der Waals surface area contributed by atoms with Crippen molar-refractivity contribution in [1.29, 1.82) is 0 Å². The molecule has 1 aliphatic carbocycles. The Morgan fingerprint density at radius 1 is 1.38 bits per heavy atom. The third kappa shape index (κ3) is 3.92. The van der Waals surface area contributed by atoms with Gasteiger partial charge in [-0.25, -0.2) is 0 Å². The minimum atomic E-state index is -1.16. The largest absolute Gasteiger partial charge is 0.382 e. The highest BCUT2D eigenvalue weighted by Gasteiger charge is 2.22. The molecule has 0 aromatic heterocycles. The second kappa shape index (κ2) is 3.80. The first kappa shape index (κ1) is 10.7. The molecular formula is C11H20OSi. The lowest BCUT2D eigenvalue weighted by Crippen LogP contribution is -2.27. The van der Waals surface area contributed by atoms with Crippen molar-refractivity contribution >= 4 is 8.07 Å². The van der Waals surface area contributed by atoms with Gasteiger partial charge in [0.05, 0.1) is 8.07 Å². The zero-order valence-corrected chi connectivity index (χ0v) is 9.88. The van der Waals surface area contributed by atoms with E-state index in [2.05, 4.69) is 31.4 Å². The molecule has 0 aromatic rings. The van der Waals surface area contributed by atoms with E-state index in [1.807, 2.05) is 12.2 Å². The van der Waals surface area contributed by atoms with Crippen LogP contribution in [-0.2, 0) is 0 Å². The molecule has 0 aromatic carbocycles. The molecule has 0 saturated heterocycles. The Morgan fingerprint density at radius 2 is 2.08 bits per heavy atom. The van der Waals surface area contributed by atoms with Gasteiger partial charge in [-0.2, -0.15) is 0 Å². The first-order chi connectivity index (χ1) is 5.91. The SMILES string of the molecule is C[Si](C)(C)/C=C/C1(O)C=CCCC1. The van der Waals surface area contributed by atoms with Gasteiger partial charge >= 0.3 is 0 Å². The molecule has 1 unspecified atom stereocenters. The van der Waals surface area contributed by atoms with Crippen molar-refractivity contribution in [2.45, 2.75) is 44.5 Å². The lowest BCUT2D eigenvalue weighted by Gasteiger charge is -2.25. The third-order valence-electron chi connectivity index (χ3n) is 2.23. The predicted octanol–water partition coefficient (Wildman–Crippen LogP) is 2.89. The van der Waals surface area contributed by atoms with E-state index in [1.54, 1.807) is 0 Å². The highest BCUT2D eigenvalue weighted by atomic mass is 28.3. The Labute approximate surface area is 82.2 Å². The Morgan fingerprint density at radius 3 is 2.54 bits per heavy atom. The highest BCUT2D eigenvalue weighted by molar-refractivity contribution is 6.80. The maximum absolute atomic E-state index is 10.1. The van der Waals surface area contributed by atoms with Gasteiger partial charge in [0.2, 0.25) is 0 Å². The standard InChI is InChI=1S/C11H20OSi/c1-13(2,3)10-9-11(12)7-5-4-6-8-11/h5,7,9-10,12H,4,6,8H2,1-3H3/b10-9+. The van der Waals surface area contributed by atoms with Gasteiger partial charge in [-0.15, -0.1) is 0 Å². The fraction of sp³-hybridized carbons (Fsp3) is 0.636. The molecule has 13 heavy (non-hydrogen) atoms. The van der Waals surface area contributed by atoms with Gasteiger partial charge < -0.3 is 5.11 Å². The van der Waals surface area contributed by atoms with Crippen molar-refractivity contribution in [2.24, 2.45) is 0 Å². The van der Waals surface area contributed by atoms with Gasteiger partial charge in [0.15, 0.2) is 0 Å². The van der Waals surface area contributed by atoms with Crippen LogP contribution >= 0.6 is 0 Å². The number of rotatable bonds is 2. The summed E-state index contributed by atoms with van der Waals surface area (Å²) < 4.78 is 0. The quantitative estimate of drug-likeness (QED) is 0.532. The van der Waals surface area contributed by atoms with Crippen LogP contribution in [-0.4, -0.2) is 18.8 Å². The average Bonchev–Trinajstić information content (AvgIpc) is 2.02. The number of hydrogen-bond acceptors (Lipinski definition) is 1. The van der Waals surface area contributed by atoms with Gasteiger partial charge in [0.25, 0.3) is 0 Å². The second-order valence-corrected chi connectivity index (χ2v) is 10.1.